The van der Waals surface area contributed by atoms with Gasteiger partial charge in [0.15, 0.2) is 0 Å². The van der Waals surface area contributed by atoms with Gasteiger partial charge >= 0.3 is 6.03 Å². The van der Waals surface area contributed by atoms with Crippen LogP contribution in [0.15, 0.2) is 24.5 Å². The van der Waals surface area contributed by atoms with Crippen LogP contribution >= 0.6 is 11.6 Å². The molecule has 1 aromatic heterocycles. The number of benzene rings is 1. The molecular formula is C12H9ClN4O2. The maximum atomic E-state index is 11.7. The number of rotatable bonds is 1. The van der Waals surface area contributed by atoms with Crippen molar-refractivity contribution in [3.05, 3.63) is 29.7 Å². The van der Waals surface area contributed by atoms with Crippen molar-refractivity contribution < 1.29 is 9.59 Å². The van der Waals surface area contributed by atoms with Crippen molar-refractivity contribution in [2.75, 3.05) is 11.4 Å². The fraction of sp³-hybridized carbons (Fsp3) is 0.167. The normalized spacial score (nSPS) is 15.7. The highest BCUT2D eigenvalue weighted by Crippen LogP contribution is 2.25. The lowest BCUT2D eigenvalue weighted by Crippen LogP contribution is -2.49. The Kier molecular flexibility index (Phi) is 2.79. The fourth-order valence-corrected chi connectivity index (χ4v) is 2.19. The topological polar surface area (TPSA) is 75.2 Å². The smallest absolute Gasteiger partial charge is 0.294 e. The van der Waals surface area contributed by atoms with Crippen LogP contribution in [-0.2, 0) is 4.79 Å². The van der Waals surface area contributed by atoms with Gasteiger partial charge in [0.25, 0.3) is 0 Å². The molecule has 19 heavy (non-hydrogen) atoms. The van der Waals surface area contributed by atoms with Crippen molar-refractivity contribution in [1.82, 2.24) is 15.3 Å². The van der Waals surface area contributed by atoms with E-state index < -0.39 is 6.03 Å². The molecule has 2 heterocycles. The van der Waals surface area contributed by atoms with E-state index in [0.717, 1.165) is 5.39 Å². The summed E-state index contributed by atoms with van der Waals surface area (Å²) in [6, 6.07) is 4.85. The van der Waals surface area contributed by atoms with Crippen molar-refractivity contribution in [3.63, 3.8) is 0 Å². The number of fused-ring (bicyclic) bond motifs is 1. The number of carbonyl (C=O) groups excluding carboxylic acids is 2. The number of nitrogens with one attached hydrogen (secondary N) is 1. The minimum Gasteiger partial charge on any atom is -0.294 e. The molecule has 96 valence electrons. The van der Waals surface area contributed by atoms with Gasteiger partial charge in [-0.25, -0.2) is 14.8 Å². The van der Waals surface area contributed by atoms with Gasteiger partial charge in [0.2, 0.25) is 5.91 Å². The second-order valence-electron chi connectivity index (χ2n) is 4.12. The Morgan fingerprint density at radius 3 is 2.89 bits per heavy atom. The molecule has 1 saturated heterocycles. The maximum absolute atomic E-state index is 11.7. The van der Waals surface area contributed by atoms with Gasteiger partial charge in [0.05, 0.1) is 5.52 Å². The summed E-state index contributed by atoms with van der Waals surface area (Å²) in [5.41, 5.74) is 1.33. The van der Waals surface area contributed by atoms with Crippen LogP contribution in [0.5, 0.6) is 0 Å². The first-order valence-corrected chi connectivity index (χ1v) is 6.04. The summed E-state index contributed by atoms with van der Waals surface area (Å²) in [5.74, 6) is -0.257. The molecule has 1 aliphatic rings. The number of hydrogen-bond acceptors (Lipinski definition) is 4. The van der Waals surface area contributed by atoms with E-state index in [4.69, 9.17) is 11.6 Å². The molecule has 0 spiro atoms. The number of amides is 3. The Bertz CT molecular complexity index is 688. The number of halogens is 1. The Morgan fingerprint density at radius 2 is 2.11 bits per heavy atom. The molecule has 0 aliphatic carbocycles. The van der Waals surface area contributed by atoms with E-state index in [1.54, 1.807) is 18.2 Å². The SMILES string of the molecule is O=C1CCN(c2ccc3c(Cl)ncnc3c2)C(=O)N1. The van der Waals surface area contributed by atoms with E-state index in [2.05, 4.69) is 15.3 Å². The highest BCUT2D eigenvalue weighted by atomic mass is 35.5. The standard InChI is InChI=1S/C12H9ClN4O2/c13-11-8-2-1-7(5-9(8)14-6-15-11)17-4-3-10(18)16-12(17)19/h1-2,5-6H,3-4H2,(H,16,18,19). The number of aromatic nitrogens is 2. The average molecular weight is 277 g/mol. The minimum atomic E-state index is -0.421. The van der Waals surface area contributed by atoms with Gasteiger partial charge in [-0.1, -0.05) is 11.6 Å². The Morgan fingerprint density at radius 1 is 1.26 bits per heavy atom. The molecule has 1 aliphatic heterocycles. The summed E-state index contributed by atoms with van der Waals surface area (Å²) in [6.07, 6.45) is 1.66. The maximum Gasteiger partial charge on any atom is 0.328 e. The van der Waals surface area contributed by atoms with Gasteiger partial charge in [-0.2, -0.15) is 0 Å². The van der Waals surface area contributed by atoms with Crippen molar-refractivity contribution in [2.45, 2.75) is 6.42 Å². The third-order valence-electron chi connectivity index (χ3n) is 2.94. The molecule has 0 bridgehead atoms. The third-order valence-corrected chi connectivity index (χ3v) is 3.24. The first kappa shape index (κ1) is 11.9. The van der Waals surface area contributed by atoms with Gasteiger partial charge in [0, 0.05) is 24.0 Å². The van der Waals surface area contributed by atoms with Crippen LogP contribution in [0, 0.1) is 0 Å². The molecule has 0 saturated carbocycles. The quantitative estimate of drug-likeness (QED) is 0.805. The number of urea groups is 1. The van der Waals surface area contributed by atoms with Gasteiger partial charge in [-0.05, 0) is 18.2 Å². The van der Waals surface area contributed by atoms with E-state index in [0.29, 0.717) is 22.9 Å². The first-order valence-electron chi connectivity index (χ1n) is 5.67. The lowest BCUT2D eigenvalue weighted by atomic mass is 10.2. The number of imide groups is 1. The third kappa shape index (κ3) is 2.10. The monoisotopic (exact) mass is 276 g/mol. The molecule has 1 fully saturated rings. The Labute approximate surface area is 113 Å². The summed E-state index contributed by atoms with van der Waals surface area (Å²) in [6.45, 7) is 0.356. The molecule has 1 N–H and O–H groups in total. The summed E-state index contributed by atoms with van der Waals surface area (Å²) in [4.78, 5) is 32.4. The van der Waals surface area contributed by atoms with Gasteiger partial charge in [0.1, 0.15) is 11.5 Å². The van der Waals surface area contributed by atoms with E-state index in [1.165, 1.54) is 11.2 Å². The second kappa shape index (κ2) is 4.47. The van der Waals surface area contributed by atoms with E-state index in [9.17, 15) is 9.59 Å². The number of anilines is 1. The predicted octanol–water partition coefficient (Wildman–Crippen LogP) is 1.73. The average Bonchev–Trinajstić information content (AvgIpc) is 2.38. The van der Waals surface area contributed by atoms with Crippen LogP contribution in [-0.4, -0.2) is 28.5 Å². The van der Waals surface area contributed by atoms with Gasteiger partial charge < -0.3 is 0 Å². The highest BCUT2D eigenvalue weighted by Gasteiger charge is 2.24. The largest absolute Gasteiger partial charge is 0.328 e. The molecule has 0 unspecified atom stereocenters. The Balaban J connectivity index is 2.02. The zero-order chi connectivity index (χ0) is 13.4. The molecule has 6 nitrogen and oxygen atoms in total. The van der Waals surface area contributed by atoms with E-state index in [-0.39, 0.29) is 12.3 Å². The molecule has 7 heteroatoms. The van der Waals surface area contributed by atoms with Crippen molar-refractivity contribution in [3.8, 4) is 0 Å². The predicted molar refractivity (Wildman–Crippen MR) is 70.0 cm³/mol. The van der Waals surface area contributed by atoms with Crippen LogP contribution in [0.25, 0.3) is 10.9 Å². The second-order valence-corrected chi connectivity index (χ2v) is 4.48. The highest BCUT2D eigenvalue weighted by molar-refractivity contribution is 6.34. The van der Waals surface area contributed by atoms with Crippen molar-refractivity contribution in [1.29, 1.82) is 0 Å². The number of carbonyl (C=O) groups is 2. The van der Waals surface area contributed by atoms with Crippen molar-refractivity contribution in [2.24, 2.45) is 0 Å². The summed E-state index contributed by atoms with van der Waals surface area (Å²) < 4.78 is 0. The van der Waals surface area contributed by atoms with Crippen LogP contribution in [0.3, 0.4) is 0 Å². The number of nitrogens with zero attached hydrogens (tertiary/aromatic N) is 3. The number of hydrogen-bond donors (Lipinski definition) is 1. The van der Waals surface area contributed by atoms with E-state index in [1.807, 2.05) is 0 Å². The minimum absolute atomic E-state index is 0.257. The first-order chi connectivity index (χ1) is 9.15. The van der Waals surface area contributed by atoms with Crippen LogP contribution in [0.4, 0.5) is 10.5 Å². The molecule has 0 atom stereocenters. The van der Waals surface area contributed by atoms with Gasteiger partial charge in [-0.3, -0.25) is 15.0 Å². The molecule has 1 aromatic carbocycles. The lowest BCUT2D eigenvalue weighted by molar-refractivity contribution is -0.120. The summed E-state index contributed by atoms with van der Waals surface area (Å²) >= 11 is 5.95. The summed E-state index contributed by atoms with van der Waals surface area (Å²) in [7, 11) is 0. The lowest BCUT2D eigenvalue weighted by Gasteiger charge is -2.26. The zero-order valence-corrected chi connectivity index (χ0v) is 10.5. The molecule has 3 amide bonds. The van der Waals surface area contributed by atoms with Crippen molar-refractivity contribution >= 4 is 40.1 Å². The van der Waals surface area contributed by atoms with E-state index >= 15 is 0 Å². The van der Waals surface area contributed by atoms with Crippen LogP contribution in [0.1, 0.15) is 6.42 Å². The molecular weight excluding hydrogens is 268 g/mol. The Hall–Kier alpha value is -2.21. The summed E-state index contributed by atoms with van der Waals surface area (Å²) in [5, 5.41) is 3.37. The molecule has 3 rings (SSSR count). The molecule has 2 aromatic rings. The zero-order valence-electron chi connectivity index (χ0n) is 9.76. The van der Waals surface area contributed by atoms with Crippen LogP contribution in [0.2, 0.25) is 5.15 Å². The fourth-order valence-electron chi connectivity index (χ4n) is 1.99. The molecule has 0 radical (unpaired) electrons. The van der Waals surface area contributed by atoms with Gasteiger partial charge in [-0.15, -0.1) is 0 Å². The van der Waals surface area contributed by atoms with Crippen LogP contribution < -0.4 is 10.2 Å².